The number of aromatic nitrogens is 2. The smallest absolute Gasteiger partial charge is 0.322 e. The molecule has 3 heterocycles. The fourth-order valence-electron chi connectivity index (χ4n) is 4.28. The summed E-state index contributed by atoms with van der Waals surface area (Å²) in [5, 5.41) is 8.02. The summed E-state index contributed by atoms with van der Waals surface area (Å²) in [6, 6.07) is 5.63. The normalized spacial score (nSPS) is 19.4. The van der Waals surface area contributed by atoms with Gasteiger partial charge in [-0.2, -0.15) is 4.98 Å². The maximum Gasteiger partial charge on any atom is 0.322 e. The number of furan rings is 1. The third-order valence-electron chi connectivity index (χ3n) is 5.57. The van der Waals surface area contributed by atoms with E-state index in [1.165, 1.54) is 12.0 Å². The second-order valence-corrected chi connectivity index (χ2v) is 7.35. The Morgan fingerprint density at radius 2 is 2.15 bits per heavy atom. The fraction of sp³-hybridized carbons (Fsp3) is 0.450. The van der Waals surface area contributed by atoms with E-state index >= 15 is 0 Å². The summed E-state index contributed by atoms with van der Waals surface area (Å²) in [4.78, 5) is 19.1. The van der Waals surface area contributed by atoms with Crippen LogP contribution in [0.5, 0.6) is 0 Å². The molecule has 0 spiro atoms. The van der Waals surface area contributed by atoms with Crippen LogP contribution in [-0.2, 0) is 12.8 Å². The molecule has 1 saturated heterocycles. The third kappa shape index (κ3) is 2.78. The van der Waals surface area contributed by atoms with E-state index in [4.69, 9.17) is 8.94 Å². The zero-order valence-corrected chi connectivity index (χ0v) is 15.3. The number of aryl methyl sites for hydroxylation is 3. The SMILES string of the molecule is Cc1noc([C@@H]2CCCN2C(=O)Nc2cccc3c4c(oc23)CCCC4)n1. The molecular weight excluding hydrogens is 344 g/mol. The number of para-hydroxylation sites is 1. The molecular formula is C20H22N4O3. The molecule has 1 aromatic carbocycles. The van der Waals surface area contributed by atoms with Gasteiger partial charge < -0.3 is 19.2 Å². The van der Waals surface area contributed by atoms with Gasteiger partial charge in [0.15, 0.2) is 11.4 Å². The number of likely N-dealkylation sites (tertiary alicyclic amines) is 1. The van der Waals surface area contributed by atoms with E-state index in [0.717, 1.165) is 54.5 Å². The van der Waals surface area contributed by atoms with Crippen LogP contribution in [0.3, 0.4) is 0 Å². The number of urea groups is 1. The van der Waals surface area contributed by atoms with Crippen LogP contribution in [0, 0.1) is 6.92 Å². The van der Waals surface area contributed by atoms with Crippen LogP contribution in [-0.4, -0.2) is 27.6 Å². The first-order valence-corrected chi connectivity index (χ1v) is 9.62. The van der Waals surface area contributed by atoms with Gasteiger partial charge in [-0.25, -0.2) is 4.79 Å². The molecule has 2 aliphatic rings. The Morgan fingerprint density at radius 1 is 1.26 bits per heavy atom. The Balaban J connectivity index is 1.43. The van der Waals surface area contributed by atoms with Crippen LogP contribution in [0.1, 0.15) is 54.8 Å². The largest absolute Gasteiger partial charge is 0.459 e. The van der Waals surface area contributed by atoms with Gasteiger partial charge in [0.05, 0.1) is 5.69 Å². The summed E-state index contributed by atoms with van der Waals surface area (Å²) in [5.74, 6) is 2.16. The first-order valence-electron chi connectivity index (χ1n) is 9.62. The molecule has 2 aromatic heterocycles. The number of fused-ring (bicyclic) bond motifs is 3. The molecule has 0 unspecified atom stereocenters. The number of amides is 2. The molecule has 7 nitrogen and oxygen atoms in total. The molecule has 0 bridgehead atoms. The van der Waals surface area contributed by atoms with E-state index in [-0.39, 0.29) is 12.1 Å². The molecule has 1 aliphatic carbocycles. The van der Waals surface area contributed by atoms with Crippen molar-refractivity contribution in [3.8, 4) is 0 Å². The van der Waals surface area contributed by atoms with Crippen LogP contribution >= 0.6 is 0 Å². The molecule has 1 N–H and O–H groups in total. The Bertz CT molecular complexity index is 1010. The predicted molar refractivity (Wildman–Crippen MR) is 99.6 cm³/mol. The van der Waals surface area contributed by atoms with Gasteiger partial charge in [0.1, 0.15) is 11.8 Å². The zero-order chi connectivity index (χ0) is 18.4. The van der Waals surface area contributed by atoms with Crippen molar-refractivity contribution in [2.24, 2.45) is 0 Å². The number of carbonyl (C=O) groups excluding carboxylic acids is 1. The van der Waals surface area contributed by atoms with Crippen molar-refractivity contribution >= 4 is 22.7 Å². The first-order chi connectivity index (χ1) is 13.2. The Labute approximate surface area is 156 Å². The summed E-state index contributed by atoms with van der Waals surface area (Å²) in [7, 11) is 0. The van der Waals surface area contributed by atoms with Crippen molar-refractivity contribution < 1.29 is 13.7 Å². The highest BCUT2D eigenvalue weighted by molar-refractivity contribution is 6.00. The second kappa shape index (κ2) is 6.40. The molecule has 1 aliphatic heterocycles. The molecule has 0 radical (unpaired) electrons. The van der Waals surface area contributed by atoms with Gasteiger partial charge in [-0.1, -0.05) is 17.3 Å². The average Bonchev–Trinajstić information content (AvgIpc) is 3.39. The monoisotopic (exact) mass is 366 g/mol. The van der Waals surface area contributed by atoms with Crippen molar-refractivity contribution in [1.29, 1.82) is 0 Å². The van der Waals surface area contributed by atoms with Crippen molar-refractivity contribution in [3.63, 3.8) is 0 Å². The van der Waals surface area contributed by atoms with Crippen LogP contribution in [0.4, 0.5) is 10.5 Å². The maximum absolute atomic E-state index is 13.0. The quantitative estimate of drug-likeness (QED) is 0.728. The number of benzene rings is 1. The molecule has 5 rings (SSSR count). The van der Waals surface area contributed by atoms with Gasteiger partial charge in [-0.05, 0) is 45.1 Å². The van der Waals surface area contributed by atoms with E-state index in [9.17, 15) is 4.79 Å². The lowest BCUT2D eigenvalue weighted by Gasteiger charge is -2.22. The number of hydrogen-bond acceptors (Lipinski definition) is 5. The molecule has 7 heteroatoms. The van der Waals surface area contributed by atoms with Crippen molar-refractivity contribution in [3.05, 3.63) is 41.2 Å². The lowest BCUT2D eigenvalue weighted by atomic mass is 9.96. The van der Waals surface area contributed by atoms with Crippen LogP contribution in [0.2, 0.25) is 0 Å². The zero-order valence-electron chi connectivity index (χ0n) is 15.3. The van der Waals surface area contributed by atoms with Crippen molar-refractivity contribution in [2.75, 3.05) is 11.9 Å². The minimum Gasteiger partial charge on any atom is -0.459 e. The molecule has 1 fully saturated rings. The molecule has 27 heavy (non-hydrogen) atoms. The summed E-state index contributed by atoms with van der Waals surface area (Å²) in [5.41, 5.74) is 2.80. The molecule has 1 atom stereocenters. The summed E-state index contributed by atoms with van der Waals surface area (Å²) in [6.07, 6.45) is 6.12. The van der Waals surface area contributed by atoms with Gasteiger partial charge in [0.2, 0.25) is 5.89 Å². The Hall–Kier alpha value is -2.83. The number of nitrogens with one attached hydrogen (secondary N) is 1. The van der Waals surface area contributed by atoms with Crippen molar-refractivity contribution in [1.82, 2.24) is 15.0 Å². The van der Waals surface area contributed by atoms with Gasteiger partial charge in [0, 0.05) is 23.9 Å². The van der Waals surface area contributed by atoms with E-state index < -0.39 is 0 Å². The number of carbonyl (C=O) groups is 1. The molecule has 2 amide bonds. The fourth-order valence-corrected chi connectivity index (χ4v) is 4.28. The standard InChI is InChI=1S/C20H22N4O3/c1-12-21-19(27-23-12)16-9-5-11-24(16)20(25)22-15-8-4-7-14-13-6-2-3-10-17(13)26-18(14)15/h4,7-8,16H,2-3,5-6,9-11H2,1H3,(H,22,25)/t16-/m0/s1. The summed E-state index contributed by atoms with van der Waals surface area (Å²) < 4.78 is 11.4. The minimum atomic E-state index is -0.171. The summed E-state index contributed by atoms with van der Waals surface area (Å²) in [6.45, 7) is 2.45. The number of hydrogen-bond donors (Lipinski definition) is 1. The second-order valence-electron chi connectivity index (χ2n) is 7.35. The lowest BCUT2D eigenvalue weighted by molar-refractivity contribution is 0.193. The predicted octanol–water partition coefficient (Wildman–Crippen LogP) is 4.37. The highest BCUT2D eigenvalue weighted by atomic mass is 16.5. The van der Waals surface area contributed by atoms with Gasteiger partial charge >= 0.3 is 6.03 Å². The lowest BCUT2D eigenvalue weighted by Crippen LogP contribution is -2.34. The molecule has 140 valence electrons. The Morgan fingerprint density at radius 3 is 3.00 bits per heavy atom. The topological polar surface area (TPSA) is 84.4 Å². The van der Waals surface area contributed by atoms with Gasteiger partial charge in [-0.15, -0.1) is 0 Å². The van der Waals surface area contributed by atoms with Crippen LogP contribution in [0.15, 0.2) is 27.1 Å². The van der Waals surface area contributed by atoms with Crippen molar-refractivity contribution in [2.45, 2.75) is 51.5 Å². The number of nitrogens with zero attached hydrogens (tertiary/aromatic N) is 3. The molecule has 3 aromatic rings. The van der Waals surface area contributed by atoms with E-state index in [0.29, 0.717) is 18.3 Å². The maximum atomic E-state index is 13.0. The van der Waals surface area contributed by atoms with E-state index in [2.05, 4.69) is 21.5 Å². The third-order valence-corrected chi connectivity index (χ3v) is 5.57. The highest BCUT2D eigenvalue weighted by Crippen LogP contribution is 2.36. The average molecular weight is 366 g/mol. The van der Waals surface area contributed by atoms with Crippen LogP contribution in [0.25, 0.3) is 11.0 Å². The highest BCUT2D eigenvalue weighted by Gasteiger charge is 2.34. The number of anilines is 1. The first kappa shape index (κ1) is 16.4. The number of rotatable bonds is 2. The minimum absolute atomic E-state index is 0.157. The Kier molecular flexibility index (Phi) is 3.88. The van der Waals surface area contributed by atoms with Gasteiger partial charge in [-0.3, -0.25) is 0 Å². The van der Waals surface area contributed by atoms with E-state index in [1.807, 2.05) is 12.1 Å². The van der Waals surface area contributed by atoms with Gasteiger partial charge in [0.25, 0.3) is 0 Å². The van der Waals surface area contributed by atoms with Crippen LogP contribution < -0.4 is 5.32 Å². The van der Waals surface area contributed by atoms with E-state index in [1.54, 1.807) is 11.8 Å². The molecule has 0 saturated carbocycles. The summed E-state index contributed by atoms with van der Waals surface area (Å²) >= 11 is 0.